The summed E-state index contributed by atoms with van der Waals surface area (Å²) < 4.78 is 31.7. The molecule has 25 heavy (non-hydrogen) atoms. The lowest BCUT2D eigenvalue weighted by atomic mass is 9.99. The fourth-order valence-electron chi connectivity index (χ4n) is 3.26. The maximum Gasteiger partial charge on any atom is 0.216 e. The number of aromatic nitrogens is 2. The van der Waals surface area contributed by atoms with Crippen LogP contribution in [0.25, 0.3) is 10.6 Å². The lowest BCUT2D eigenvalue weighted by molar-refractivity contribution is 0.318. The third-order valence-electron chi connectivity index (χ3n) is 4.89. The number of para-hydroxylation sites is 1. The summed E-state index contributed by atoms with van der Waals surface area (Å²) in [5.41, 5.74) is 0.947. The first kappa shape index (κ1) is 16.9. The van der Waals surface area contributed by atoms with Crippen molar-refractivity contribution in [2.24, 2.45) is 0 Å². The second-order valence-corrected chi connectivity index (χ2v) is 9.79. The monoisotopic (exact) mass is 379 g/mol. The number of ether oxygens (including phenoxy) is 1. The van der Waals surface area contributed by atoms with Crippen LogP contribution in [0, 0.1) is 0 Å². The van der Waals surface area contributed by atoms with Crippen molar-refractivity contribution < 1.29 is 13.2 Å². The van der Waals surface area contributed by atoms with Crippen LogP contribution in [-0.2, 0) is 10.0 Å². The molecule has 1 aromatic heterocycles. The molecule has 1 aromatic carbocycles. The Labute approximate surface area is 151 Å². The molecule has 0 radical (unpaired) electrons. The van der Waals surface area contributed by atoms with Gasteiger partial charge in [-0.05, 0) is 37.8 Å². The smallest absolute Gasteiger partial charge is 0.216 e. The van der Waals surface area contributed by atoms with Crippen molar-refractivity contribution in [3.63, 3.8) is 0 Å². The van der Waals surface area contributed by atoms with Gasteiger partial charge >= 0.3 is 0 Å². The molecule has 0 bridgehead atoms. The van der Waals surface area contributed by atoms with Crippen molar-refractivity contribution in [2.75, 3.05) is 20.2 Å². The van der Waals surface area contributed by atoms with Crippen molar-refractivity contribution in [3.05, 3.63) is 29.3 Å². The third-order valence-corrected chi connectivity index (χ3v) is 8.40. The van der Waals surface area contributed by atoms with Gasteiger partial charge in [-0.25, -0.2) is 12.7 Å². The summed E-state index contributed by atoms with van der Waals surface area (Å²) in [6.07, 6.45) is 3.26. The van der Waals surface area contributed by atoms with Crippen LogP contribution in [0.4, 0.5) is 0 Å². The lowest BCUT2D eigenvalue weighted by Crippen LogP contribution is -2.39. The number of hydrogen-bond donors (Lipinski definition) is 0. The standard InChI is InChI=1S/C17H21N3O3S2/c1-23-15-5-3-2-4-14(15)17-19-18-16(24-17)12-8-10-20(11-9-12)25(21,22)13-6-7-13/h2-5,12-13H,6-11H2,1H3. The lowest BCUT2D eigenvalue weighted by Gasteiger charge is -2.30. The van der Waals surface area contributed by atoms with Crippen LogP contribution in [0.2, 0.25) is 0 Å². The zero-order valence-electron chi connectivity index (χ0n) is 14.1. The molecule has 8 heteroatoms. The van der Waals surface area contributed by atoms with Crippen molar-refractivity contribution in [1.82, 2.24) is 14.5 Å². The van der Waals surface area contributed by atoms with E-state index in [9.17, 15) is 8.42 Å². The minimum Gasteiger partial charge on any atom is -0.496 e. The van der Waals surface area contributed by atoms with E-state index in [4.69, 9.17) is 4.74 Å². The molecular weight excluding hydrogens is 358 g/mol. The van der Waals surface area contributed by atoms with Gasteiger partial charge in [0.05, 0.1) is 17.9 Å². The first-order chi connectivity index (χ1) is 12.1. The quantitative estimate of drug-likeness (QED) is 0.799. The highest BCUT2D eigenvalue weighted by atomic mass is 32.2. The molecule has 4 rings (SSSR count). The third kappa shape index (κ3) is 3.30. The van der Waals surface area contributed by atoms with Crippen LogP contribution in [0.1, 0.15) is 36.6 Å². The van der Waals surface area contributed by atoms with Gasteiger partial charge in [-0.15, -0.1) is 10.2 Å². The first-order valence-corrected chi connectivity index (χ1v) is 10.9. The van der Waals surface area contributed by atoms with E-state index in [1.807, 2.05) is 24.3 Å². The minimum absolute atomic E-state index is 0.122. The van der Waals surface area contributed by atoms with E-state index < -0.39 is 10.0 Å². The average Bonchev–Trinajstić information content (AvgIpc) is 3.40. The molecule has 2 fully saturated rings. The Bertz CT molecular complexity index is 854. The summed E-state index contributed by atoms with van der Waals surface area (Å²) in [6.45, 7) is 1.18. The van der Waals surface area contributed by atoms with E-state index in [0.717, 1.165) is 47.0 Å². The number of rotatable bonds is 5. The second-order valence-electron chi connectivity index (χ2n) is 6.56. The summed E-state index contributed by atoms with van der Waals surface area (Å²) in [6, 6.07) is 7.78. The molecule has 0 atom stereocenters. The van der Waals surface area contributed by atoms with E-state index >= 15 is 0 Å². The Morgan fingerprint density at radius 3 is 2.52 bits per heavy atom. The molecule has 1 saturated heterocycles. The van der Waals surface area contributed by atoms with E-state index in [1.54, 1.807) is 22.8 Å². The van der Waals surface area contributed by atoms with Crippen LogP contribution < -0.4 is 4.74 Å². The van der Waals surface area contributed by atoms with Crippen LogP contribution in [0.3, 0.4) is 0 Å². The molecule has 6 nitrogen and oxygen atoms in total. The molecular formula is C17H21N3O3S2. The number of sulfonamides is 1. The predicted molar refractivity (Wildman–Crippen MR) is 97.4 cm³/mol. The molecule has 0 spiro atoms. The zero-order valence-corrected chi connectivity index (χ0v) is 15.7. The van der Waals surface area contributed by atoms with Crippen molar-refractivity contribution in [3.8, 4) is 16.3 Å². The number of methoxy groups -OCH3 is 1. The molecule has 2 aliphatic rings. The van der Waals surface area contributed by atoms with Crippen LogP contribution in [0.15, 0.2) is 24.3 Å². The van der Waals surface area contributed by atoms with E-state index in [0.29, 0.717) is 13.1 Å². The van der Waals surface area contributed by atoms with Gasteiger partial charge in [0.1, 0.15) is 10.8 Å². The Hall–Kier alpha value is -1.51. The first-order valence-electron chi connectivity index (χ1n) is 8.55. The van der Waals surface area contributed by atoms with E-state index in [2.05, 4.69) is 10.2 Å². The topological polar surface area (TPSA) is 72.4 Å². The molecule has 0 unspecified atom stereocenters. The molecule has 1 aliphatic carbocycles. The summed E-state index contributed by atoms with van der Waals surface area (Å²) in [5, 5.41) is 10.4. The number of nitrogens with zero attached hydrogens (tertiary/aromatic N) is 3. The van der Waals surface area contributed by atoms with Crippen LogP contribution >= 0.6 is 11.3 Å². The van der Waals surface area contributed by atoms with Gasteiger partial charge in [-0.3, -0.25) is 0 Å². The van der Waals surface area contributed by atoms with Crippen LogP contribution in [-0.4, -0.2) is 48.4 Å². The maximum atomic E-state index is 12.3. The normalized spacial score (nSPS) is 19.9. The van der Waals surface area contributed by atoms with Gasteiger partial charge in [0.2, 0.25) is 10.0 Å². The minimum atomic E-state index is -3.06. The Morgan fingerprint density at radius 1 is 1.12 bits per heavy atom. The maximum absolute atomic E-state index is 12.3. The van der Waals surface area contributed by atoms with Crippen LogP contribution in [0.5, 0.6) is 5.75 Å². The van der Waals surface area contributed by atoms with Crippen molar-refractivity contribution in [2.45, 2.75) is 36.9 Å². The van der Waals surface area contributed by atoms with Gasteiger partial charge in [0.25, 0.3) is 0 Å². The van der Waals surface area contributed by atoms with Gasteiger partial charge in [-0.2, -0.15) is 0 Å². The summed E-state index contributed by atoms with van der Waals surface area (Å²) in [5.74, 6) is 1.07. The fraction of sp³-hybridized carbons (Fsp3) is 0.529. The summed E-state index contributed by atoms with van der Waals surface area (Å²) >= 11 is 1.58. The highest BCUT2D eigenvalue weighted by Gasteiger charge is 2.41. The summed E-state index contributed by atoms with van der Waals surface area (Å²) in [4.78, 5) is 0. The van der Waals surface area contributed by atoms with E-state index in [-0.39, 0.29) is 11.2 Å². The number of piperidine rings is 1. The Kier molecular flexibility index (Phi) is 4.51. The SMILES string of the molecule is COc1ccccc1-c1nnc(C2CCN(S(=O)(=O)C3CC3)CC2)s1. The zero-order chi connectivity index (χ0) is 17.4. The Morgan fingerprint density at radius 2 is 1.84 bits per heavy atom. The Balaban J connectivity index is 1.47. The molecule has 1 aliphatic heterocycles. The molecule has 134 valence electrons. The molecule has 2 heterocycles. The predicted octanol–water partition coefficient (Wildman–Crippen LogP) is 2.89. The molecule has 0 N–H and O–H groups in total. The van der Waals surface area contributed by atoms with Gasteiger partial charge in [-0.1, -0.05) is 23.5 Å². The van der Waals surface area contributed by atoms with Gasteiger partial charge < -0.3 is 4.74 Å². The molecule has 2 aromatic rings. The van der Waals surface area contributed by atoms with Gasteiger partial charge in [0.15, 0.2) is 5.01 Å². The second kappa shape index (κ2) is 6.66. The molecule has 1 saturated carbocycles. The van der Waals surface area contributed by atoms with Crippen molar-refractivity contribution in [1.29, 1.82) is 0 Å². The van der Waals surface area contributed by atoms with Gasteiger partial charge in [0, 0.05) is 19.0 Å². The molecule has 0 amide bonds. The van der Waals surface area contributed by atoms with E-state index in [1.165, 1.54) is 0 Å². The summed E-state index contributed by atoms with van der Waals surface area (Å²) in [7, 11) is -1.41. The highest BCUT2D eigenvalue weighted by molar-refractivity contribution is 7.90. The highest BCUT2D eigenvalue weighted by Crippen LogP contribution is 2.38. The average molecular weight is 380 g/mol. The number of hydrogen-bond acceptors (Lipinski definition) is 6. The fourth-order valence-corrected chi connectivity index (χ4v) is 6.18. The largest absolute Gasteiger partial charge is 0.496 e. The number of benzene rings is 1. The van der Waals surface area contributed by atoms with Crippen molar-refractivity contribution >= 4 is 21.4 Å².